The molecule has 7 heteroatoms. The Morgan fingerprint density at radius 2 is 2.00 bits per heavy atom. The highest BCUT2D eigenvalue weighted by Gasteiger charge is 2.38. The summed E-state index contributed by atoms with van der Waals surface area (Å²) in [5.41, 5.74) is 0.877. The molecule has 1 saturated carbocycles. The number of aliphatic hydroxyl groups is 1. The van der Waals surface area contributed by atoms with Gasteiger partial charge in [0.15, 0.2) is 0 Å². The molecule has 4 rings (SSSR count). The molecule has 0 spiro atoms. The van der Waals surface area contributed by atoms with Gasteiger partial charge in [-0.25, -0.2) is 4.39 Å². The Kier molecular flexibility index (Phi) is 8.52. The molecule has 1 aliphatic carbocycles. The first kappa shape index (κ1) is 23.6. The van der Waals surface area contributed by atoms with Crippen molar-refractivity contribution >= 4 is 5.91 Å². The van der Waals surface area contributed by atoms with Gasteiger partial charge in [-0.05, 0) is 49.3 Å². The van der Waals surface area contributed by atoms with Crippen LogP contribution in [0.15, 0.2) is 24.3 Å². The van der Waals surface area contributed by atoms with Crippen LogP contribution in [-0.2, 0) is 20.8 Å². The van der Waals surface area contributed by atoms with Crippen LogP contribution in [0.25, 0.3) is 0 Å². The Bertz CT molecular complexity index is 742. The number of nitrogens with one attached hydrogen (secondary N) is 1. The van der Waals surface area contributed by atoms with Gasteiger partial charge in [0.05, 0.1) is 37.9 Å². The first-order chi connectivity index (χ1) is 15.6. The van der Waals surface area contributed by atoms with Gasteiger partial charge < -0.3 is 19.9 Å². The molecule has 3 aliphatic rings. The van der Waals surface area contributed by atoms with Gasteiger partial charge in [0.2, 0.25) is 5.91 Å². The Hall–Kier alpha value is -1.54. The van der Waals surface area contributed by atoms with Gasteiger partial charge in [-0.15, -0.1) is 0 Å². The lowest BCUT2D eigenvalue weighted by molar-refractivity contribution is -0.158. The number of carbonyl (C=O) groups is 1. The van der Waals surface area contributed by atoms with E-state index in [0.29, 0.717) is 32.0 Å². The number of benzene rings is 1. The fraction of sp³-hybridized carbons (Fsp3) is 0.720. The molecular formula is C25H37FN2O4. The third-order valence-corrected chi connectivity index (χ3v) is 7.09. The zero-order valence-corrected chi connectivity index (χ0v) is 18.9. The molecule has 1 amide bonds. The molecule has 6 nitrogen and oxygen atoms in total. The molecule has 0 bridgehead atoms. The second kappa shape index (κ2) is 11.5. The van der Waals surface area contributed by atoms with Gasteiger partial charge in [-0.1, -0.05) is 31.4 Å². The molecule has 2 N–H and O–H groups in total. The van der Waals surface area contributed by atoms with Crippen LogP contribution < -0.4 is 5.32 Å². The minimum absolute atomic E-state index is 0.0646. The lowest BCUT2D eigenvalue weighted by Crippen LogP contribution is -2.55. The van der Waals surface area contributed by atoms with Crippen LogP contribution in [0.2, 0.25) is 0 Å². The fourth-order valence-corrected chi connectivity index (χ4v) is 5.43. The van der Waals surface area contributed by atoms with Crippen molar-refractivity contribution in [3.8, 4) is 0 Å². The highest BCUT2D eigenvalue weighted by Crippen LogP contribution is 2.29. The summed E-state index contributed by atoms with van der Waals surface area (Å²) in [6, 6.07) is 6.67. The second-order valence-electron chi connectivity index (χ2n) is 9.70. The number of hydrogen-bond acceptors (Lipinski definition) is 5. The number of ether oxygens (including phenoxy) is 2. The van der Waals surface area contributed by atoms with Crippen molar-refractivity contribution in [2.75, 3.05) is 26.3 Å². The molecule has 3 fully saturated rings. The van der Waals surface area contributed by atoms with E-state index in [9.17, 15) is 14.3 Å². The van der Waals surface area contributed by atoms with E-state index in [2.05, 4.69) is 10.2 Å². The molecule has 0 unspecified atom stereocenters. The highest BCUT2D eigenvalue weighted by molar-refractivity contribution is 5.76. The van der Waals surface area contributed by atoms with Crippen molar-refractivity contribution in [2.24, 2.45) is 5.92 Å². The highest BCUT2D eigenvalue weighted by atomic mass is 19.1. The molecule has 2 saturated heterocycles. The number of carbonyl (C=O) groups excluding carboxylic acids is 1. The van der Waals surface area contributed by atoms with E-state index in [4.69, 9.17) is 9.47 Å². The summed E-state index contributed by atoms with van der Waals surface area (Å²) in [4.78, 5) is 14.7. The van der Waals surface area contributed by atoms with Gasteiger partial charge >= 0.3 is 0 Å². The zero-order valence-electron chi connectivity index (χ0n) is 18.9. The SMILES string of the molecule is O=C(C[C@@H]1CC[C@@H]2[C@H](COC[C@@H](O)CN2Cc2cccc(F)c2)O1)NCC1CCCCC1. The predicted octanol–water partition coefficient (Wildman–Crippen LogP) is 3.02. The summed E-state index contributed by atoms with van der Waals surface area (Å²) in [6.07, 6.45) is 7.44. The van der Waals surface area contributed by atoms with Crippen molar-refractivity contribution in [1.29, 1.82) is 0 Å². The third kappa shape index (κ3) is 6.73. The van der Waals surface area contributed by atoms with Crippen molar-refractivity contribution in [3.63, 3.8) is 0 Å². The number of fused-ring (bicyclic) bond motifs is 1. The van der Waals surface area contributed by atoms with Crippen LogP contribution >= 0.6 is 0 Å². The van der Waals surface area contributed by atoms with Crippen LogP contribution in [0.5, 0.6) is 0 Å². The van der Waals surface area contributed by atoms with Crippen molar-refractivity contribution < 1.29 is 23.8 Å². The number of aliphatic hydroxyl groups excluding tert-OH is 1. The monoisotopic (exact) mass is 448 g/mol. The van der Waals surface area contributed by atoms with Crippen molar-refractivity contribution in [1.82, 2.24) is 10.2 Å². The van der Waals surface area contributed by atoms with E-state index in [-0.39, 0.29) is 36.6 Å². The van der Waals surface area contributed by atoms with E-state index in [1.165, 1.54) is 38.2 Å². The Morgan fingerprint density at radius 3 is 2.81 bits per heavy atom. The zero-order chi connectivity index (χ0) is 22.3. The van der Waals surface area contributed by atoms with Crippen LogP contribution in [0.1, 0.15) is 56.9 Å². The van der Waals surface area contributed by atoms with Crippen molar-refractivity contribution in [3.05, 3.63) is 35.6 Å². The number of nitrogens with zero attached hydrogens (tertiary/aromatic N) is 1. The van der Waals surface area contributed by atoms with Gasteiger partial charge in [0, 0.05) is 25.7 Å². The van der Waals surface area contributed by atoms with Crippen molar-refractivity contribution in [2.45, 2.75) is 82.3 Å². The van der Waals surface area contributed by atoms with Crippen LogP contribution in [0.4, 0.5) is 4.39 Å². The summed E-state index contributed by atoms with van der Waals surface area (Å²) < 4.78 is 25.7. The van der Waals surface area contributed by atoms with Gasteiger partial charge in [0.25, 0.3) is 0 Å². The Balaban J connectivity index is 1.32. The summed E-state index contributed by atoms with van der Waals surface area (Å²) >= 11 is 0. The molecule has 4 atom stereocenters. The molecule has 178 valence electrons. The summed E-state index contributed by atoms with van der Waals surface area (Å²) in [7, 11) is 0. The topological polar surface area (TPSA) is 71.0 Å². The normalized spacial score (nSPS) is 30.2. The van der Waals surface area contributed by atoms with Crippen LogP contribution in [0.3, 0.4) is 0 Å². The number of rotatable bonds is 6. The minimum Gasteiger partial charge on any atom is -0.389 e. The lowest BCUT2D eigenvalue weighted by Gasteiger charge is -2.44. The van der Waals surface area contributed by atoms with Crippen LogP contribution in [-0.4, -0.2) is 66.6 Å². The molecule has 2 aliphatic heterocycles. The number of hydrogen-bond donors (Lipinski definition) is 2. The molecule has 2 heterocycles. The van der Waals surface area contributed by atoms with Gasteiger partial charge in [-0.2, -0.15) is 0 Å². The third-order valence-electron chi connectivity index (χ3n) is 7.09. The summed E-state index contributed by atoms with van der Waals surface area (Å²) in [6.45, 7) is 2.42. The van der Waals surface area contributed by atoms with E-state index in [1.54, 1.807) is 12.1 Å². The largest absolute Gasteiger partial charge is 0.389 e. The average Bonchev–Trinajstić information content (AvgIpc) is 2.77. The molecule has 0 aromatic heterocycles. The number of halogens is 1. The summed E-state index contributed by atoms with van der Waals surface area (Å²) in [5.74, 6) is 0.429. The smallest absolute Gasteiger partial charge is 0.222 e. The Labute approximate surface area is 190 Å². The van der Waals surface area contributed by atoms with Crippen LogP contribution in [0, 0.1) is 11.7 Å². The Morgan fingerprint density at radius 1 is 1.16 bits per heavy atom. The van der Waals surface area contributed by atoms with Gasteiger partial charge in [-0.3, -0.25) is 9.69 Å². The maximum Gasteiger partial charge on any atom is 0.222 e. The van der Waals surface area contributed by atoms with Gasteiger partial charge in [0.1, 0.15) is 5.82 Å². The maximum atomic E-state index is 13.7. The second-order valence-corrected chi connectivity index (χ2v) is 9.70. The van der Waals surface area contributed by atoms with E-state index in [0.717, 1.165) is 24.9 Å². The summed E-state index contributed by atoms with van der Waals surface area (Å²) in [5, 5.41) is 13.4. The first-order valence-electron chi connectivity index (χ1n) is 12.2. The quantitative estimate of drug-likeness (QED) is 0.700. The standard InChI is InChI=1S/C25H37FN2O4/c26-20-8-4-7-19(11-20)14-28-15-21(29)16-31-17-24-23(28)10-9-22(32-24)12-25(30)27-13-18-5-2-1-3-6-18/h4,7-8,11,18,21-24,29H,1-3,5-6,9-10,12-17H2,(H,27,30)/t21-,22-,23+,24-/m0/s1. The number of amides is 1. The molecular weight excluding hydrogens is 411 g/mol. The molecule has 0 radical (unpaired) electrons. The minimum atomic E-state index is -0.590. The molecule has 1 aromatic carbocycles. The number of β-amino-alcohol motifs (C(OH)–C–C–N with tert-alkyl or cyclic N) is 1. The van der Waals surface area contributed by atoms with E-state index in [1.807, 2.05) is 6.07 Å². The molecule has 32 heavy (non-hydrogen) atoms. The predicted molar refractivity (Wildman–Crippen MR) is 120 cm³/mol. The molecule has 1 aromatic rings. The lowest BCUT2D eigenvalue weighted by atomic mass is 9.89. The fourth-order valence-electron chi connectivity index (χ4n) is 5.43. The van der Waals surface area contributed by atoms with E-state index >= 15 is 0 Å². The van der Waals surface area contributed by atoms with E-state index < -0.39 is 6.10 Å². The average molecular weight is 449 g/mol. The maximum absolute atomic E-state index is 13.7. The first-order valence-corrected chi connectivity index (χ1v) is 12.2.